The van der Waals surface area contributed by atoms with E-state index < -0.39 is 5.54 Å². The summed E-state index contributed by atoms with van der Waals surface area (Å²) < 4.78 is 5.37. The van der Waals surface area contributed by atoms with Crippen LogP contribution in [0.25, 0.3) is 0 Å². The van der Waals surface area contributed by atoms with E-state index in [1.807, 2.05) is 48.2 Å². The molecule has 0 N–H and O–H groups in total. The minimum absolute atomic E-state index is 0.0485. The maximum atomic E-state index is 13.0. The summed E-state index contributed by atoms with van der Waals surface area (Å²) in [7, 11) is 0. The fourth-order valence-corrected chi connectivity index (χ4v) is 3.87. The number of hydrogen-bond donors (Lipinski definition) is 0. The Morgan fingerprint density at radius 3 is 2.81 bits per heavy atom. The van der Waals surface area contributed by atoms with Gasteiger partial charge in [0.1, 0.15) is 12.1 Å². The summed E-state index contributed by atoms with van der Waals surface area (Å²) in [6.45, 7) is 3.66. The second kappa shape index (κ2) is 6.44. The molecule has 2 aliphatic rings. The lowest BCUT2D eigenvalue weighted by Crippen LogP contribution is -2.63. The Balaban J connectivity index is 1.61. The minimum Gasteiger partial charge on any atom is -0.447 e. The Morgan fingerprint density at radius 1 is 1.23 bits per heavy atom. The van der Waals surface area contributed by atoms with Crippen molar-refractivity contribution in [1.82, 2.24) is 14.8 Å². The van der Waals surface area contributed by atoms with Crippen molar-refractivity contribution in [2.24, 2.45) is 0 Å². The lowest BCUT2D eigenvalue weighted by molar-refractivity contribution is 0.0375. The summed E-state index contributed by atoms with van der Waals surface area (Å²) in [5.41, 5.74) is 2.15. The number of ether oxygens (including phenoxy) is 1. The average Bonchev–Trinajstić information content (AvgIpc) is 2.98. The molecule has 3 heterocycles. The SMILES string of the molecule is Cc1cncc(C(=O)N2CCN3C(=O)OCC3(Cc3ccccc3)C2)c1. The van der Waals surface area contributed by atoms with Gasteiger partial charge in [-0.25, -0.2) is 4.79 Å². The van der Waals surface area contributed by atoms with E-state index in [9.17, 15) is 9.59 Å². The van der Waals surface area contributed by atoms with Gasteiger partial charge in [-0.2, -0.15) is 0 Å². The number of aryl methyl sites for hydroxylation is 1. The Morgan fingerprint density at radius 2 is 2.04 bits per heavy atom. The predicted octanol–water partition coefficient (Wildman–Crippen LogP) is 2.28. The van der Waals surface area contributed by atoms with Crippen LogP contribution in [0, 0.1) is 6.92 Å². The number of piperazine rings is 1. The summed E-state index contributed by atoms with van der Waals surface area (Å²) in [5, 5.41) is 0. The van der Waals surface area contributed by atoms with Crippen molar-refractivity contribution in [2.45, 2.75) is 18.9 Å². The van der Waals surface area contributed by atoms with Crippen LogP contribution in [0.4, 0.5) is 4.79 Å². The van der Waals surface area contributed by atoms with Gasteiger partial charge in [-0.15, -0.1) is 0 Å². The first-order valence-electron chi connectivity index (χ1n) is 8.77. The molecule has 134 valence electrons. The van der Waals surface area contributed by atoms with Gasteiger partial charge in [-0.3, -0.25) is 14.7 Å². The van der Waals surface area contributed by atoms with Crippen LogP contribution >= 0.6 is 0 Å². The number of cyclic esters (lactones) is 1. The van der Waals surface area contributed by atoms with E-state index in [1.165, 1.54) is 0 Å². The van der Waals surface area contributed by atoms with Crippen LogP contribution in [0.2, 0.25) is 0 Å². The quantitative estimate of drug-likeness (QED) is 0.851. The lowest BCUT2D eigenvalue weighted by Gasteiger charge is -2.44. The highest BCUT2D eigenvalue weighted by Crippen LogP contribution is 2.32. The molecule has 1 aromatic heterocycles. The van der Waals surface area contributed by atoms with Crippen LogP contribution in [-0.2, 0) is 11.2 Å². The van der Waals surface area contributed by atoms with E-state index in [-0.39, 0.29) is 12.0 Å². The Bertz CT molecular complexity index is 839. The maximum absolute atomic E-state index is 13.0. The van der Waals surface area contributed by atoms with E-state index in [0.717, 1.165) is 11.1 Å². The molecule has 0 aliphatic carbocycles. The molecule has 1 atom stereocenters. The number of amides is 2. The van der Waals surface area contributed by atoms with Gasteiger partial charge < -0.3 is 9.64 Å². The predicted molar refractivity (Wildman–Crippen MR) is 95.8 cm³/mol. The van der Waals surface area contributed by atoms with Gasteiger partial charge >= 0.3 is 6.09 Å². The van der Waals surface area contributed by atoms with Gasteiger partial charge in [0.05, 0.1) is 5.56 Å². The van der Waals surface area contributed by atoms with E-state index in [2.05, 4.69) is 4.98 Å². The van der Waals surface area contributed by atoms with Crippen LogP contribution in [0.5, 0.6) is 0 Å². The number of rotatable bonds is 3. The number of nitrogens with zero attached hydrogens (tertiary/aromatic N) is 3. The van der Waals surface area contributed by atoms with Crippen LogP contribution in [0.15, 0.2) is 48.8 Å². The van der Waals surface area contributed by atoms with Crippen molar-refractivity contribution in [3.05, 3.63) is 65.5 Å². The third kappa shape index (κ3) is 2.92. The molecule has 0 radical (unpaired) electrons. The van der Waals surface area contributed by atoms with Gasteiger partial charge in [0.2, 0.25) is 0 Å². The fraction of sp³-hybridized carbons (Fsp3) is 0.350. The number of carbonyl (C=O) groups is 2. The highest BCUT2D eigenvalue weighted by atomic mass is 16.6. The highest BCUT2D eigenvalue weighted by molar-refractivity contribution is 5.94. The molecule has 2 saturated heterocycles. The molecule has 2 aliphatic heterocycles. The van der Waals surface area contributed by atoms with Crippen molar-refractivity contribution in [1.29, 1.82) is 0 Å². The van der Waals surface area contributed by atoms with Gasteiger partial charge in [0.25, 0.3) is 5.91 Å². The van der Waals surface area contributed by atoms with E-state index in [4.69, 9.17) is 4.74 Å². The molecule has 4 rings (SSSR count). The molecule has 0 spiro atoms. The number of carbonyl (C=O) groups excluding carboxylic acids is 2. The zero-order valence-electron chi connectivity index (χ0n) is 14.7. The summed E-state index contributed by atoms with van der Waals surface area (Å²) in [4.78, 5) is 32.9. The van der Waals surface area contributed by atoms with Crippen molar-refractivity contribution >= 4 is 12.0 Å². The monoisotopic (exact) mass is 351 g/mol. The summed E-state index contributed by atoms with van der Waals surface area (Å²) in [6, 6.07) is 11.9. The standard InChI is InChI=1S/C20H21N3O3/c1-15-9-17(12-21-11-15)18(24)22-7-8-23-19(25)26-14-20(23,13-22)10-16-5-3-2-4-6-16/h2-6,9,11-12H,7-8,10,13-14H2,1H3. The Kier molecular flexibility index (Phi) is 4.11. The molecular weight excluding hydrogens is 330 g/mol. The molecule has 26 heavy (non-hydrogen) atoms. The molecule has 2 aromatic rings. The molecule has 2 fully saturated rings. The fourth-order valence-electron chi connectivity index (χ4n) is 3.87. The number of aromatic nitrogens is 1. The normalized spacial score (nSPS) is 22.1. The molecule has 0 bridgehead atoms. The van der Waals surface area contributed by atoms with Crippen molar-refractivity contribution in [2.75, 3.05) is 26.2 Å². The van der Waals surface area contributed by atoms with E-state index in [0.29, 0.717) is 38.2 Å². The zero-order valence-corrected chi connectivity index (χ0v) is 14.7. The van der Waals surface area contributed by atoms with Crippen LogP contribution in [0.3, 0.4) is 0 Å². The summed E-state index contributed by atoms with van der Waals surface area (Å²) >= 11 is 0. The molecule has 0 saturated carbocycles. The van der Waals surface area contributed by atoms with E-state index >= 15 is 0 Å². The van der Waals surface area contributed by atoms with Crippen LogP contribution in [-0.4, -0.2) is 58.6 Å². The first-order valence-corrected chi connectivity index (χ1v) is 8.77. The molecule has 1 unspecified atom stereocenters. The first kappa shape index (κ1) is 16.6. The number of fused-ring (bicyclic) bond motifs is 1. The number of hydrogen-bond acceptors (Lipinski definition) is 4. The lowest BCUT2D eigenvalue weighted by atomic mass is 9.88. The maximum Gasteiger partial charge on any atom is 0.410 e. The minimum atomic E-state index is -0.510. The van der Waals surface area contributed by atoms with Crippen molar-refractivity contribution < 1.29 is 14.3 Å². The molecular formula is C20H21N3O3. The van der Waals surface area contributed by atoms with Crippen molar-refractivity contribution in [3.8, 4) is 0 Å². The third-order valence-corrected chi connectivity index (χ3v) is 5.12. The van der Waals surface area contributed by atoms with Crippen molar-refractivity contribution in [3.63, 3.8) is 0 Å². The van der Waals surface area contributed by atoms with E-state index in [1.54, 1.807) is 17.3 Å². The zero-order chi connectivity index (χ0) is 18.1. The first-order chi connectivity index (χ1) is 12.6. The topological polar surface area (TPSA) is 62.7 Å². The number of pyridine rings is 1. The Labute approximate surface area is 152 Å². The van der Waals surface area contributed by atoms with Gasteiger partial charge in [0.15, 0.2) is 0 Å². The molecule has 6 heteroatoms. The smallest absolute Gasteiger partial charge is 0.410 e. The Hall–Kier alpha value is -2.89. The van der Waals surface area contributed by atoms with Crippen LogP contribution < -0.4 is 0 Å². The molecule has 1 aromatic carbocycles. The van der Waals surface area contributed by atoms with Gasteiger partial charge in [0, 0.05) is 38.4 Å². The third-order valence-electron chi connectivity index (χ3n) is 5.12. The van der Waals surface area contributed by atoms with Gasteiger partial charge in [-0.1, -0.05) is 30.3 Å². The second-order valence-corrected chi connectivity index (χ2v) is 7.07. The number of benzene rings is 1. The molecule has 2 amide bonds. The van der Waals surface area contributed by atoms with Gasteiger partial charge in [-0.05, 0) is 24.1 Å². The summed E-state index contributed by atoms with van der Waals surface area (Å²) in [5.74, 6) is -0.0485. The van der Waals surface area contributed by atoms with Crippen LogP contribution in [0.1, 0.15) is 21.5 Å². The second-order valence-electron chi connectivity index (χ2n) is 7.07. The molecule has 6 nitrogen and oxygen atoms in total. The summed E-state index contributed by atoms with van der Waals surface area (Å²) in [6.07, 6.45) is 3.71. The highest BCUT2D eigenvalue weighted by Gasteiger charge is 2.51. The largest absolute Gasteiger partial charge is 0.447 e. The average molecular weight is 351 g/mol.